The topological polar surface area (TPSA) is 36.9 Å². The van der Waals surface area contributed by atoms with Gasteiger partial charge in [-0.1, -0.05) is 36.4 Å². The Bertz CT molecular complexity index is 825. The highest BCUT2D eigenvalue weighted by Crippen LogP contribution is 2.42. The molecule has 0 unspecified atom stereocenters. The average Bonchev–Trinajstić information content (AvgIpc) is 2.65. The number of hydrogen-bond donors (Lipinski definition) is 0. The second-order valence-electron chi connectivity index (χ2n) is 5.28. The van der Waals surface area contributed by atoms with Gasteiger partial charge in [0.15, 0.2) is 6.79 Å². The number of fused-ring (bicyclic) bond motifs is 1. The molecule has 24 heavy (non-hydrogen) atoms. The first kappa shape index (κ1) is 16.1. The molecule has 0 atom stereocenters. The number of rotatable bonds is 6. The van der Waals surface area contributed by atoms with Crippen LogP contribution in [-0.2, 0) is 4.74 Å². The third kappa shape index (κ3) is 3.01. The molecule has 0 saturated heterocycles. The average molecular weight is 324 g/mol. The molecule has 0 heterocycles. The molecule has 0 amide bonds. The third-order valence-electron chi connectivity index (χ3n) is 3.89. The Kier molecular flexibility index (Phi) is 4.87. The summed E-state index contributed by atoms with van der Waals surface area (Å²) in [6, 6.07) is 17.9. The molecule has 0 radical (unpaired) electrons. The van der Waals surface area contributed by atoms with Gasteiger partial charge >= 0.3 is 0 Å². The lowest BCUT2D eigenvalue weighted by Crippen LogP contribution is -1.98. The molecule has 0 aliphatic carbocycles. The molecular weight excluding hydrogens is 304 g/mol. The maximum absolute atomic E-state index is 5.70. The highest BCUT2D eigenvalue weighted by atomic mass is 16.7. The molecule has 0 saturated carbocycles. The molecule has 3 rings (SSSR count). The molecule has 0 spiro atoms. The van der Waals surface area contributed by atoms with Crippen LogP contribution in [0.1, 0.15) is 0 Å². The van der Waals surface area contributed by atoms with Gasteiger partial charge in [-0.2, -0.15) is 0 Å². The normalized spacial score (nSPS) is 10.6. The zero-order valence-electron chi connectivity index (χ0n) is 14.0. The van der Waals surface area contributed by atoms with Gasteiger partial charge in [0, 0.05) is 23.4 Å². The first-order chi connectivity index (χ1) is 11.8. The van der Waals surface area contributed by atoms with Gasteiger partial charge in [-0.15, -0.1) is 0 Å². The summed E-state index contributed by atoms with van der Waals surface area (Å²) >= 11 is 0. The highest BCUT2D eigenvalue weighted by molar-refractivity contribution is 5.99. The van der Waals surface area contributed by atoms with E-state index >= 15 is 0 Å². The lowest BCUT2D eigenvalue weighted by atomic mass is 9.98. The molecule has 0 aliphatic heterocycles. The van der Waals surface area contributed by atoms with Crippen LogP contribution < -0.4 is 14.2 Å². The number of ether oxygens (including phenoxy) is 4. The fourth-order valence-corrected chi connectivity index (χ4v) is 2.78. The van der Waals surface area contributed by atoms with Crippen molar-refractivity contribution in [1.29, 1.82) is 0 Å². The molecule has 3 aromatic carbocycles. The lowest BCUT2D eigenvalue weighted by Gasteiger charge is -2.15. The van der Waals surface area contributed by atoms with Gasteiger partial charge < -0.3 is 18.9 Å². The Labute approximate surface area is 141 Å². The minimum Gasteiger partial charge on any atom is -0.496 e. The fraction of sp³-hybridized carbons (Fsp3) is 0.200. The Morgan fingerprint density at radius 2 is 1.50 bits per heavy atom. The minimum atomic E-state index is 0.229. The van der Waals surface area contributed by atoms with Crippen molar-refractivity contribution in [3.05, 3.63) is 54.6 Å². The van der Waals surface area contributed by atoms with E-state index in [1.165, 1.54) is 0 Å². The summed E-state index contributed by atoms with van der Waals surface area (Å²) in [6.07, 6.45) is 0. The molecule has 0 aromatic heterocycles. The predicted molar refractivity (Wildman–Crippen MR) is 95.0 cm³/mol. The van der Waals surface area contributed by atoms with Crippen LogP contribution in [0.5, 0.6) is 17.2 Å². The predicted octanol–water partition coefficient (Wildman–Crippen LogP) is 4.51. The molecule has 4 heteroatoms. The summed E-state index contributed by atoms with van der Waals surface area (Å²) in [6.45, 7) is 0.229. The first-order valence-electron chi connectivity index (χ1n) is 7.64. The van der Waals surface area contributed by atoms with Gasteiger partial charge in [0.1, 0.15) is 17.2 Å². The van der Waals surface area contributed by atoms with Crippen molar-refractivity contribution < 1.29 is 18.9 Å². The smallest absolute Gasteiger partial charge is 0.188 e. The maximum atomic E-state index is 5.70. The van der Waals surface area contributed by atoms with Crippen molar-refractivity contribution >= 4 is 10.8 Å². The van der Waals surface area contributed by atoms with E-state index in [0.29, 0.717) is 0 Å². The van der Waals surface area contributed by atoms with Crippen LogP contribution in [0.25, 0.3) is 21.9 Å². The van der Waals surface area contributed by atoms with Crippen molar-refractivity contribution in [2.75, 3.05) is 28.1 Å². The van der Waals surface area contributed by atoms with Gasteiger partial charge in [-0.05, 0) is 23.8 Å². The van der Waals surface area contributed by atoms with Gasteiger partial charge in [-0.25, -0.2) is 0 Å². The van der Waals surface area contributed by atoms with E-state index in [4.69, 9.17) is 18.9 Å². The van der Waals surface area contributed by atoms with Crippen LogP contribution in [0.15, 0.2) is 54.6 Å². The third-order valence-corrected chi connectivity index (χ3v) is 3.89. The quantitative estimate of drug-likeness (QED) is 0.625. The molecular formula is C20H20O4. The van der Waals surface area contributed by atoms with E-state index in [1.807, 2.05) is 54.6 Å². The van der Waals surface area contributed by atoms with Crippen molar-refractivity contribution in [1.82, 2.24) is 0 Å². The zero-order valence-corrected chi connectivity index (χ0v) is 14.0. The van der Waals surface area contributed by atoms with Crippen LogP contribution in [0, 0.1) is 0 Å². The van der Waals surface area contributed by atoms with Gasteiger partial charge in [0.05, 0.1) is 14.2 Å². The fourth-order valence-electron chi connectivity index (χ4n) is 2.78. The summed E-state index contributed by atoms with van der Waals surface area (Å²) < 4.78 is 21.6. The van der Waals surface area contributed by atoms with Crippen LogP contribution >= 0.6 is 0 Å². The Morgan fingerprint density at radius 1 is 0.792 bits per heavy atom. The second kappa shape index (κ2) is 7.23. The van der Waals surface area contributed by atoms with Crippen LogP contribution in [0.2, 0.25) is 0 Å². The molecule has 0 N–H and O–H groups in total. The van der Waals surface area contributed by atoms with Crippen molar-refractivity contribution in [3.8, 4) is 28.4 Å². The first-order valence-corrected chi connectivity index (χ1v) is 7.64. The van der Waals surface area contributed by atoms with Crippen LogP contribution in [-0.4, -0.2) is 28.1 Å². The molecule has 0 fully saturated rings. The van der Waals surface area contributed by atoms with E-state index in [-0.39, 0.29) is 6.79 Å². The van der Waals surface area contributed by atoms with Gasteiger partial charge in [0.2, 0.25) is 0 Å². The SMILES string of the molecule is COCOc1ccc(-c2cc(OC)c3ccccc3c2OC)cc1. The Morgan fingerprint density at radius 3 is 2.12 bits per heavy atom. The summed E-state index contributed by atoms with van der Waals surface area (Å²) in [5.41, 5.74) is 2.01. The standard InChI is InChI=1S/C20H20O4/c1-21-13-24-15-10-8-14(9-11-15)18-12-19(22-2)16-6-4-5-7-17(16)20(18)23-3/h4-12H,13H2,1-3H3. The van der Waals surface area contributed by atoms with Gasteiger partial charge in [-0.3, -0.25) is 0 Å². The Hall–Kier alpha value is -2.72. The van der Waals surface area contributed by atoms with Crippen LogP contribution in [0.4, 0.5) is 0 Å². The van der Waals surface area contributed by atoms with Crippen molar-refractivity contribution in [2.45, 2.75) is 0 Å². The Balaban J connectivity index is 2.11. The van der Waals surface area contributed by atoms with Crippen molar-refractivity contribution in [2.24, 2.45) is 0 Å². The van der Waals surface area contributed by atoms with E-state index < -0.39 is 0 Å². The van der Waals surface area contributed by atoms with E-state index in [9.17, 15) is 0 Å². The summed E-state index contributed by atoms with van der Waals surface area (Å²) in [5, 5.41) is 2.05. The molecule has 4 nitrogen and oxygen atoms in total. The largest absolute Gasteiger partial charge is 0.496 e. The van der Waals surface area contributed by atoms with Crippen molar-refractivity contribution in [3.63, 3.8) is 0 Å². The lowest BCUT2D eigenvalue weighted by molar-refractivity contribution is 0.0511. The van der Waals surface area contributed by atoms with E-state index in [1.54, 1.807) is 21.3 Å². The molecule has 3 aromatic rings. The molecule has 0 aliphatic rings. The minimum absolute atomic E-state index is 0.229. The zero-order chi connectivity index (χ0) is 16.9. The number of benzene rings is 3. The molecule has 124 valence electrons. The van der Waals surface area contributed by atoms with E-state index in [2.05, 4.69) is 0 Å². The van der Waals surface area contributed by atoms with Crippen LogP contribution in [0.3, 0.4) is 0 Å². The number of methoxy groups -OCH3 is 3. The summed E-state index contributed by atoms with van der Waals surface area (Å²) in [7, 11) is 4.97. The summed E-state index contributed by atoms with van der Waals surface area (Å²) in [5.74, 6) is 2.41. The number of hydrogen-bond acceptors (Lipinski definition) is 4. The second-order valence-corrected chi connectivity index (χ2v) is 5.28. The monoisotopic (exact) mass is 324 g/mol. The molecule has 0 bridgehead atoms. The highest BCUT2D eigenvalue weighted by Gasteiger charge is 2.14. The van der Waals surface area contributed by atoms with E-state index in [0.717, 1.165) is 39.1 Å². The van der Waals surface area contributed by atoms with Gasteiger partial charge in [0.25, 0.3) is 0 Å². The summed E-state index contributed by atoms with van der Waals surface area (Å²) in [4.78, 5) is 0. The maximum Gasteiger partial charge on any atom is 0.188 e.